The van der Waals surface area contributed by atoms with Gasteiger partial charge in [0, 0.05) is 11.1 Å². The van der Waals surface area contributed by atoms with Crippen LogP contribution in [0.2, 0.25) is 0 Å². The van der Waals surface area contributed by atoms with Crippen LogP contribution in [0.3, 0.4) is 0 Å². The van der Waals surface area contributed by atoms with Crippen LogP contribution >= 0.6 is 23.2 Å². The molecule has 0 aromatic heterocycles. The van der Waals surface area contributed by atoms with Crippen molar-refractivity contribution in [2.45, 2.75) is 34.9 Å². The van der Waals surface area contributed by atoms with Crippen molar-refractivity contribution in [3.8, 4) is 0 Å². The third kappa shape index (κ3) is 3.79. The Morgan fingerprint density at radius 1 is 0.679 bits per heavy atom. The minimum Gasteiger partial charge on any atom is -0.388 e. The average molecular weight is 427 g/mol. The van der Waals surface area contributed by atoms with E-state index >= 15 is 0 Å². The molecular weight excluding hydrogens is 407 g/mol. The maximum atomic E-state index is 10.7. The molecular formula is C20H20Cl2O6. The molecule has 2 saturated heterocycles. The predicted molar refractivity (Wildman–Crippen MR) is 102 cm³/mol. The second-order valence-electron chi connectivity index (χ2n) is 6.73. The number of rotatable bonds is 2. The molecule has 2 heterocycles. The summed E-state index contributed by atoms with van der Waals surface area (Å²) in [7, 11) is 0. The lowest BCUT2D eigenvalue weighted by atomic mass is 10.0. The molecule has 2 aromatic rings. The summed E-state index contributed by atoms with van der Waals surface area (Å²) in [6, 6.07) is 17.7. The lowest BCUT2D eigenvalue weighted by Crippen LogP contribution is -2.48. The highest BCUT2D eigenvalue weighted by Gasteiger charge is 2.52. The number of aliphatic hydroxyl groups is 2. The van der Waals surface area contributed by atoms with Crippen molar-refractivity contribution < 1.29 is 29.2 Å². The summed E-state index contributed by atoms with van der Waals surface area (Å²) < 4.78 is 23.2. The highest BCUT2D eigenvalue weighted by atomic mass is 35.5. The van der Waals surface area contributed by atoms with Gasteiger partial charge in [-0.25, -0.2) is 0 Å². The molecule has 4 rings (SSSR count). The molecule has 28 heavy (non-hydrogen) atoms. The molecule has 2 fully saturated rings. The van der Waals surface area contributed by atoms with Crippen LogP contribution in [0.1, 0.15) is 11.1 Å². The predicted octanol–water partition coefficient (Wildman–Crippen LogP) is 2.64. The SMILES string of the molecule is O[C@@H]1COC(Cl)(c2ccccc2)O[C@@H]2[C@H]1OC(Cl)(c1ccccc1)OC[C@@H]2O. The van der Waals surface area contributed by atoms with E-state index in [1.165, 1.54) is 0 Å². The molecule has 0 aliphatic carbocycles. The minimum absolute atomic E-state index is 0.186. The molecule has 2 aliphatic heterocycles. The molecule has 2 unspecified atom stereocenters. The summed E-state index contributed by atoms with van der Waals surface area (Å²) in [4.78, 5) is 0. The van der Waals surface area contributed by atoms with Gasteiger partial charge in [0.1, 0.15) is 24.4 Å². The molecule has 0 saturated carbocycles. The summed E-state index contributed by atoms with van der Waals surface area (Å²) in [5.41, 5.74) is 1.06. The lowest BCUT2D eigenvalue weighted by molar-refractivity contribution is -0.236. The third-order valence-corrected chi connectivity index (χ3v) is 5.61. The first-order valence-electron chi connectivity index (χ1n) is 8.90. The Hall–Kier alpha value is -1.22. The maximum Gasteiger partial charge on any atom is 0.276 e. The summed E-state index contributed by atoms with van der Waals surface area (Å²) in [6.45, 7) is -0.373. The third-order valence-electron chi connectivity index (χ3n) is 4.77. The first kappa shape index (κ1) is 20.1. The van der Waals surface area contributed by atoms with E-state index in [0.717, 1.165) is 0 Å². The molecule has 8 heteroatoms. The molecule has 0 amide bonds. The van der Waals surface area contributed by atoms with Gasteiger partial charge >= 0.3 is 0 Å². The molecule has 2 N–H and O–H groups in total. The topological polar surface area (TPSA) is 77.4 Å². The summed E-state index contributed by atoms with van der Waals surface area (Å²) in [5, 5.41) is 18.0. The standard InChI is InChI=1S/C20H20Cl2O6/c21-19(13-7-3-1-4-8-13)25-11-15(23)18-17(27-19)16(24)12-26-20(22,28-18)14-9-5-2-6-10-14/h1-10,15-18,23-24H,11-12H2/t15-,16+,17-,18-,19?,20?/m0/s1. The largest absolute Gasteiger partial charge is 0.388 e. The monoisotopic (exact) mass is 426 g/mol. The number of alkyl halides is 2. The lowest BCUT2D eigenvalue weighted by Gasteiger charge is -2.33. The second kappa shape index (κ2) is 7.89. The Labute approximate surface area is 172 Å². The Morgan fingerprint density at radius 2 is 1.04 bits per heavy atom. The molecule has 0 spiro atoms. The number of benzene rings is 2. The zero-order valence-corrected chi connectivity index (χ0v) is 16.3. The number of aliphatic hydroxyl groups excluding tert-OH is 2. The van der Waals surface area contributed by atoms with Crippen LogP contribution in [0.5, 0.6) is 0 Å². The molecule has 150 valence electrons. The fourth-order valence-corrected chi connectivity index (χ4v) is 3.88. The van der Waals surface area contributed by atoms with Gasteiger partial charge in [-0.3, -0.25) is 0 Å². The van der Waals surface area contributed by atoms with Gasteiger partial charge in [0.05, 0.1) is 13.2 Å². The number of ether oxygens (including phenoxy) is 4. The van der Waals surface area contributed by atoms with Gasteiger partial charge in [-0.1, -0.05) is 83.9 Å². The first-order chi connectivity index (χ1) is 13.4. The summed E-state index contributed by atoms with van der Waals surface area (Å²) in [5.74, 6) is 0. The van der Waals surface area contributed by atoms with E-state index < -0.39 is 34.9 Å². The van der Waals surface area contributed by atoms with Crippen LogP contribution in [-0.2, 0) is 29.4 Å². The van der Waals surface area contributed by atoms with E-state index in [-0.39, 0.29) is 13.2 Å². The number of halogens is 2. The van der Waals surface area contributed by atoms with E-state index in [1.807, 2.05) is 12.1 Å². The Balaban J connectivity index is 1.67. The number of fused-ring (bicyclic) bond motifs is 1. The second-order valence-corrected chi connectivity index (χ2v) is 7.72. The van der Waals surface area contributed by atoms with Crippen LogP contribution in [-0.4, -0.2) is 47.8 Å². The fourth-order valence-electron chi connectivity index (χ4n) is 3.30. The van der Waals surface area contributed by atoms with Crippen molar-refractivity contribution >= 4 is 23.2 Å². The van der Waals surface area contributed by atoms with Gasteiger partial charge in [0.15, 0.2) is 0 Å². The van der Waals surface area contributed by atoms with Crippen LogP contribution < -0.4 is 0 Å². The van der Waals surface area contributed by atoms with Crippen LogP contribution in [0.15, 0.2) is 60.7 Å². The minimum atomic E-state index is -1.70. The Morgan fingerprint density at radius 3 is 1.39 bits per heavy atom. The fraction of sp³-hybridized carbons (Fsp3) is 0.400. The normalized spacial score (nSPS) is 38.9. The Bertz CT molecular complexity index is 726. The quantitative estimate of drug-likeness (QED) is 0.718. The van der Waals surface area contributed by atoms with Crippen molar-refractivity contribution in [2.24, 2.45) is 0 Å². The van der Waals surface area contributed by atoms with Crippen molar-refractivity contribution in [2.75, 3.05) is 13.2 Å². The van der Waals surface area contributed by atoms with Gasteiger partial charge in [-0.15, -0.1) is 0 Å². The first-order valence-corrected chi connectivity index (χ1v) is 9.65. The van der Waals surface area contributed by atoms with E-state index in [9.17, 15) is 10.2 Å². The highest BCUT2D eigenvalue weighted by Crippen LogP contribution is 2.43. The van der Waals surface area contributed by atoms with Gasteiger partial charge < -0.3 is 29.2 Å². The van der Waals surface area contributed by atoms with Crippen LogP contribution in [0.4, 0.5) is 0 Å². The van der Waals surface area contributed by atoms with Gasteiger partial charge in [0.25, 0.3) is 10.5 Å². The van der Waals surface area contributed by atoms with Gasteiger partial charge in [-0.2, -0.15) is 0 Å². The molecule has 0 bridgehead atoms. The van der Waals surface area contributed by atoms with Gasteiger partial charge in [0.2, 0.25) is 0 Å². The molecule has 2 aliphatic rings. The highest BCUT2D eigenvalue weighted by molar-refractivity contribution is 6.22. The van der Waals surface area contributed by atoms with Crippen molar-refractivity contribution in [1.29, 1.82) is 0 Å². The molecule has 6 atom stereocenters. The maximum absolute atomic E-state index is 10.7. The average Bonchev–Trinajstić information content (AvgIpc) is 2.94. The van der Waals surface area contributed by atoms with Crippen molar-refractivity contribution in [1.82, 2.24) is 0 Å². The van der Waals surface area contributed by atoms with E-state index in [4.69, 9.17) is 42.1 Å². The van der Waals surface area contributed by atoms with E-state index in [1.54, 1.807) is 48.5 Å². The number of hydrogen-bond acceptors (Lipinski definition) is 6. The zero-order valence-electron chi connectivity index (χ0n) is 14.8. The van der Waals surface area contributed by atoms with Crippen molar-refractivity contribution in [3.63, 3.8) is 0 Å². The molecule has 2 aromatic carbocycles. The smallest absolute Gasteiger partial charge is 0.276 e. The van der Waals surface area contributed by atoms with Crippen LogP contribution in [0.25, 0.3) is 0 Å². The zero-order chi connectivity index (χ0) is 19.8. The molecule has 0 radical (unpaired) electrons. The van der Waals surface area contributed by atoms with Crippen LogP contribution in [0, 0.1) is 0 Å². The van der Waals surface area contributed by atoms with Crippen molar-refractivity contribution in [3.05, 3.63) is 71.8 Å². The number of hydrogen-bond donors (Lipinski definition) is 2. The van der Waals surface area contributed by atoms with E-state index in [0.29, 0.717) is 11.1 Å². The molecule has 6 nitrogen and oxygen atoms in total. The van der Waals surface area contributed by atoms with E-state index in [2.05, 4.69) is 0 Å². The van der Waals surface area contributed by atoms with Gasteiger partial charge in [-0.05, 0) is 0 Å². The summed E-state index contributed by atoms with van der Waals surface area (Å²) in [6.07, 6.45) is -4.40. The summed E-state index contributed by atoms with van der Waals surface area (Å²) >= 11 is 13.2. The Kier molecular flexibility index (Phi) is 5.66.